The van der Waals surface area contributed by atoms with Crippen molar-refractivity contribution in [3.05, 3.63) is 23.9 Å². The SMILES string of the molecule is CSCCC(C)N(C)c1ncccc1CCN. The van der Waals surface area contributed by atoms with Crippen LogP contribution in [0.1, 0.15) is 18.9 Å². The molecule has 0 saturated heterocycles. The molecule has 0 fully saturated rings. The maximum absolute atomic E-state index is 5.64. The first-order valence-electron chi connectivity index (χ1n) is 6.06. The van der Waals surface area contributed by atoms with Crippen molar-refractivity contribution in [3.63, 3.8) is 0 Å². The van der Waals surface area contributed by atoms with Gasteiger partial charge in [0.15, 0.2) is 0 Å². The second-order valence-corrected chi connectivity index (χ2v) is 5.25. The maximum Gasteiger partial charge on any atom is 0.131 e. The molecule has 17 heavy (non-hydrogen) atoms. The van der Waals surface area contributed by atoms with Gasteiger partial charge in [0.1, 0.15) is 5.82 Å². The van der Waals surface area contributed by atoms with Crippen molar-refractivity contribution < 1.29 is 0 Å². The van der Waals surface area contributed by atoms with Gasteiger partial charge in [-0.2, -0.15) is 11.8 Å². The zero-order valence-electron chi connectivity index (χ0n) is 11.0. The third-order valence-electron chi connectivity index (χ3n) is 3.02. The van der Waals surface area contributed by atoms with Crippen molar-refractivity contribution >= 4 is 17.6 Å². The molecule has 0 aliphatic heterocycles. The lowest BCUT2D eigenvalue weighted by atomic mass is 10.1. The molecule has 0 aliphatic carbocycles. The summed E-state index contributed by atoms with van der Waals surface area (Å²) in [4.78, 5) is 6.76. The third kappa shape index (κ3) is 4.21. The molecule has 1 atom stereocenters. The molecule has 1 rings (SSSR count). The van der Waals surface area contributed by atoms with Gasteiger partial charge in [0.05, 0.1) is 0 Å². The summed E-state index contributed by atoms with van der Waals surface area (Å²) in [5, 5.41) is 0. The van der Waals surface area contributed by atoms with Crippen LogP contribution in [-0.4, -0.2) is 36.6 Å². The molecule has 1 unspecified atom stereocenters. The fourth-order valence-corrected chi connectivity index (χ4v) is 2.37. The van der Waals surface area contributed by atoms with Crippen LogP contribution in [0.4, 0.5) is 5.82 Å². The van der Waals surface area contributed by atoms with Crippen molar-refractivity contribution in [3.8, 4) is 0 Å². The quantitative estimate of drug-likeness (QED) is 0.808. The third-order valence-corrected chi connectivity index (χ3v) is 3.66. The average Bonchev–Trinajstić information content (AvgIpc) is 2.36. The van der Waals surface area contributed by atoms with Crippen molar-refractivity contribution in [2.45, 2.75) is 25.8 Å². The zero-order chi connectivity index (χ0) is 12.7. The lowest BCUT2D eigenvalue weighted by Crippen LogP contribution is -2.31. The predicted octanol–water partition coefficient (Wildman–Crippen LogP) is 2.16. The van der Waals surface area contributed by atoms with E-state index in [1.807, 2.05) is 24.0 Å². The van der Waals surface area contributed by atoms with E-state index in [0.29, 0.717) is 12.6 Å². The van der Waals surface area contributed by atoms with Crippen LogP contribution in [0.5, 0.6) is 0 Å². The molecule has 2 N–H and O–H groups in total. The number of pyridine rings is 1. The van der Waals surface area contributed by atoms with E-state index in [1.165, 1.54) is 17.7 Å². The number of rotatable bonds is 7. The normalized spacial score (nSPS) is 12.5. The molecule has 4 heteroatoms. The van der Waals surface area contributed by atoms with Crippen LogP contribution in [-0.2, 0) is 6.42 Å². The summed E-state index contributed by atoms with van der Waals surface area (Å²) in [5.41, 5.74) is 6.88. The number of nitrogens with two attached hydrogens (primary N) is 1. The number of hydrogen-bond donors (Lipinski definition) is 1. The summed E-state index contributed by atoms with van der Waals surface area (Å²) in [7, 11) is 2.12. The summed E-state index contributed by atoms with van der Waals surface area (Å²) in [6.45, 7) is 2.92. The molecule has 0 amide bonds. The number of hydrogen-bond acceptors (Lipinski definition) is 4. The minimum Gasteiger partial charge on any atom is -0.357 e. The van der Waals surface area contributed by atoms with Gasteiger partial charge in [0.2, 0.25) is 0 Å². The van der Waals surface area contributed by atoms with E-state index in [2.05, 4.69) is 36.2 Å². The Hall–Kier alpha value is -0.740. The standard InChI is InChI=1S/C13H23N3S/c1-11(7-10-17-3)16(2)13-12(6-8-14)5-4-9-15-13/h4-5,9,11H,6-8,10,14H2,1-3H3. The van der Waals surface area contributed by atoms with Crippen LogP contribution < -0.4 is 10.6 Å². The largest absolute Gasteiger partial charge is 0.357 e. The lowest BCUT2D eigenvalue weighted by molar-refractivity contribution is 0.658. The molecule has 0 radical (unpaired) electrons. The van der Waals surface area contributed by atoms with Gasteiger partial charge in [0, 0.05) is 19.3 Å². The summed E-state index contributed by atoms with van der Waals surface area (Å²) < 4.78 is 0. The Kier molecular flexibility index (Phi) is 6.37. The molecule has 1 heterocycles. The second-order valence-electron chi connectivity index (χ2n) is 4.27. The molecule has 1 aromatic rings. The van der Waals surface area contributed by atoms with E-state index in [4.69, 9.17) is 5.73 Å². The molecular formula is C13H23N3S. The van der Waals surface area contributed by atoms with Gasteiger partial charge in [-0.25, -0.2) is 4.98 Å². The van der Waals surface area contributed by atoms with E-state index in [9.17, 15) is 0 Å². The van der Waals surface area contributed by atoms with Gasteiger partial charge in [-0.15, -0.1) is 0 Å². The van der Waals surface area contributed by atoms with Crippen molar-refractivity contribution in [2.24, 2.45) is 5.73 Å². The predicted molar refractivity (Wildman–Crippen MR) is 77.9 cm³/mol. The first-order valence-corrected chi connectivity index (χ1v) is 7.45. The highest BCUT2D eigenvalue weighted by Gasteiger charge is 2.13. The molecule has 0 saturated carbocycles. The van der Waals surface area contributed by atoms with E-state index in [1.54, 1.807) is 0 Å². The van der Waals surface area contributed by atoms with Crippen LogP contribution in [0.15, 0.2) is 18.3 Å². The highest BCUT2D eigenvalue weighted by molar-refractivity contribution is 7.98. The minimum atomic E-state index is 0.508. The molecule has 0 bridgehead atoms. The van der Waals surface area contributed by atoms with Crippen molar-refractivity contribution in [1.82, 2.24) is 4.98 Å². The van der Waals surface area contributed by atoms with E-state index < -0.39 is 0 Å². The van der Waals surface area contributed by atoms with Crippen molar-refractivity contribution in [2.75, 3.05) is 30.5 Å². The fourth-order valence-electron chi connectivity index (χ4n) is 1.79. The summed E-state index contributed by atoms with van der Waals surface area (Å²) >= 11 is 1.89. The Balaban J connectivity index is 2.76. The van der Waals surface area contributed by atoms with Crippen LogP contribution in [0.3, 0.4) is 0 Å². The van der Waals surface area contributed by atoms with Crippen molar-refractivity contribution in [1.29, 1.82) is 0 Å². The van der Waals surface area contributed by atoms with E-state index >= 15 is 0 Å². The molecule has 0 aliphatic rings. The number of nitrogens with zero attached hydrogens (tertiary/aromatic N) is 2. The highest BCUT2D eigenvalue weighted by atomic mass is 32.2. The van der Waals surface area contributed by atoms with Crippen LogP contribution in [0.25, 0.3) is 0 Å². The zero-order valence-corrected chi connectivity index (χ0v) is 11.8. The summed E-state index contributed by atoms with van der Waals surface area (Å²) in [6, 6.07) is 4.61. The lowest BCUT2D eigenvalue weighted by Gasteiger charge is -2.27. The molecule has 1 aromatic heterocycles. The maximum atomic E-state index is 5.64. The Morgan fingerprint density at radius 3 is 2.94 bits per heavy atom. The summed E-state index contributed by atoms with van der Waals surface area (Å²) in [6.07, 6.45) is 6.07. The monoisotopic (exact) mass is 253 g/mol. The first kappa shape index (κ1) is 14.3. The van der Waals surface area contributed by atoms with E-state index in [0.717, 1.165) is 12.2 Å². The highest BCUT2D eigenvalue weighted by Crippen LogP contribution is 2.20. The summed E-state index contributed by atoms with van der Waals surface area (Å²) in [5.74, 6) is 2.26. The average molecular weight is 253 g/mol. The molecule has 96 valence electrons. The van der Waals surface area contributed by atoms with Crippen LogP contribution >= 0.6 is 11.8 Å². The van der Waals surface area contributed by atoms with Crippen LogP contribution in [0.2, 0.25) is 0 Å². The Morgan fingerprint density at radius 2 is 2.29 bits per heavy atom. The second kappa shape index (κ2) is 7.56. The Labute approximate surface area is 109 Å². The van der Waals surface area contributed by atoms with Gasteiger partial charge in [-0.05, 0) is 49.9 Å². The minimum absolute atomic E-state index is 0.508. The van der Waals surface area contributed by atoms with Gasteiger partial charge in [-0.3, -0.25) is 0 Å². The first-order chi connectivity index (χ1) is 8.20. The molecule has 0 spiro atoms. The van der Waals surface area contributed by atoms with Crippen LogP contribution in [0, 0.1) is 0 Å². The molecule has 3 nitrogen and oxygen atoms in total. The van der Waals surface area contributed by atoms with Gasteiger partial charge in [0.25, 0.3) is 0 Å². The topological polar surface area (TPSA) is 42.2 Å². The van der Waals surface area contributed by atoms with Gasteiger partial charge < -0.3 is 10.6 Å². The number of aromatic nitrogens is 1. The van der Waals surface area contributed by atoms with E-state index in [-0.39, 0.29) is 0 Å². The Morgan fingerprint density at radius 1 is 1.53 bits per heavy atom. The van der Waals surface area contributed by atoms with Gasteiger partial charge >= 0.3 is 0 Å². The van der Waals surface area contributed by atoms with Gasteiger partial charge in [-0.1, -0.05) is 6.07 Å². The fraction of sp³-hybridized carbons (Fsp3) is 0.615. The smallest absolute Gasteiger partial charge is 0.131 e. The Bertz CT molecular complexity index is 330. The number of anilines is 1. The molecular weight excluding hydrogens is 230 g/mol. The molecule has 0 aromatic carbocycles. The number of thioether (sulfide) groups is 1.